The fourth-order valence-corrected chi connectivity index (χ4v) is 4.57. The van der Waals surface area contributed by atoms with Crippen molar-refractivity contribution in [1.29, 1.82) is 0 Å². The van der Waals surface area contributed by atoms with Gasteiger partial charge in [-0.15, -0.1) is 22.7 Å². The molecule has 28 heavy (non-hydrogen) atoms. The number of imide groups is 1. The first-order valence-corrected chi connectivity index (χ1v) is 10.2. The summed E-state index contributed by atoms with van der Waals surface area (Å²) in [5.74, 6) is -1.02. The first-order chi connectivity index (χ1) is 13.5. The van der Waals surface area contributed by atoms with Crippen molar-refractivity contribution in [2.24, 2.45) is 0 Å². The normalized spacial score (nSPS) is 19.0. The number of thiazole rings is 1. The van der Waals surface area contributed by atoms with E-state index in [-0.39, 0.29) is 6.42 Å². The Morgan fingerprint density at radius 1 is 1.18 bits per heavy atom. The standard InChI is InChI=1S/C19H16N4O3S2/c1-19(12-6-3-2-4-7-12)17(25)23(18(26)21-19)22-15(24)10-13-11-28-16(20-13)14-8-5-9-27-14/h2-9,11H,10H2,1H3,(H,21,26)(H,22,24)/t19-/m0/s1. The molecule has 4 rings (SSSR count). The van der Waals surface area contributed by atoms with E-state index in [2.05, 4.69) is 15.7 Å². The number of benzene rings is 1. The third kappa shape index (κ3) is 3.30. The number of hydrazine groups is 1. The molecule has 1 saturated heterocycles. The molecule has 0 saturated carbocycles. The maximum absolute atomic E-state index is 12.8. The zero-order valence-corrected chi connectivity index (χ0v) is 16.5. The Kier molecular flexibility index (Phi) is 4.70. The van der Waals surface area contributed by atoms with E-state index >= 15 is 0 Å². The molecule has 0 aliphatic carbocycles. The van der Waals surface area contributed by atoms with Gasteiger partial charge in [-0.3, -0.25) is 15.0 Å². The van der Waals surface area contributed by atoms with Gasteiger partial charge in [0.15, 0.2) is 0 Å². The number of urea groups is 1. The number of aromatic nitrogens is 1. The van der Waals surface area contributed by atoms with E-state index in [0.29, 0.717) is 11.3 Å². The van der Waals surface area contributed by atoms with Crippen molar-refractivity contribution >= 4 is 40.5 Å². The molecule has 9 heteroatoms. The highest BCUT2D eigenvalue weighted by Crippen LogP contribution is 2.29. The largest absolute Gasteiger partial charge is 0.344 e. The highest BCUT2D eigenvalue weighted by Gasteiger charge is 2.49. The first kappa shape index (κ1) is 18.3. The Labute approximate surface area is 169 Å². The Bertz CT molecular complexity index is 1030. The van der Waals surface area contributed by atoms with E-state index in [1.807, 2.05) is 23.6 Å². The van der Waals surface area contributed by atoms with Gasteiger partial charge in [0, 0.05) is 5.38 Å². The molecule has 1 atom stereocenters. The SMILES string of the molecule is C[C@@]1(c2ccccc2)NC(=O)N(NC(=O)Cc2csc(-c3cccs3)n2)C1=O. The van der Waals surface area contributed by atoms with Gasteiger partial charge in [-0.25, -0.2) is 9.78 Å². The molecule has 4 amide bonds. The van der Waals surface area contributed by atoms with Crippen molar-refractivity contribution < 1.29 is 14.4 Å². The van der Waals surface area contributed by atoms with Crippen molar-refractivity contribution in [3.63, 3.8) is 0 Å². The summed E-state index contributed by atoms with van der Waals surface area (Å²) in [6.07, 6.45) is -0.0268. The van der Waals surface area contributed by atoms with Crippen LogP contribution < -0.4 is 10.7 Å². The van der Waals surface area contributed by atoms with Crippen LogP contribution in [0.4, 0.5) is 4.79 Å². The van der Waals surface area contributed by atoms with Crippen LogP contribution >= 0.6 is 22.7 Å². The average Bonchev–Trinajstić information content (AvgIpc) is 3.41. The fourth-order valence-electron chi connectivity index (χ4n) is 2.94. The second-order valence-corrected chi connectivity index (χ2v) is 8.20. The number of nitrogens with one attached hydrogen (secondary N) is 2. The summed E-state index contributed by atoms with van der Waals surface area (Å²) in [5, 5.41) is 7.99. The van der Waals surface area contributed by atoms with Crippen molar-refractivity contribution in [2.75, 3.05) is 0 Å². The van der Waals surface area contributed by atoms with Crippen molar-refractivity contribution in [3.05, 3.63) is 64.5 Å². The number of thiophene rings is 1. The van der Waals surface area contributed by atoms with E-state index in [4.69, 9.17) is 0 Å². The minimum atomic E-state index is -1.22. The number of hydrogen-bond acceptors (Lipinski definition) is 6. The molecule has 2 N–H and O–H groups in total. The predicted molar refractivity (Wildman–Crippen MR) is 106 cm³/mol. The third-order valence-electron chi connectivity index (χ3n) is 4.40. The fraction of sp³-hybridized carbons (Fsp3) is 0.158. The lowest BCUT2D eigenvalue weighted by molar-refractivity contribution is -0.138. The van der Waals surface area contributed by atoms with Gasteiger partial charge in [-0.2, -0.15) is 5.01 Å². The Morgan fingerprint density at radius 3 is 2.68 bits per heavy atom. The number of amides is 4. The third-order valence-corrected chi connectivity index (χ3v) is 6.33. The molecule has 2 aromatic heterocycles. The summed E-state index contributed by atoms with van der Waals surface area (Å²) in [4.78, 5) is 43.0. The predicted octanol–water partition coefficient (Wildman–Crippen LogP) is 2.91. The first-order valence-electron chi connectivity index (χ1n) is 8.47. The number of hydrogen-bond donors (Lipinski definition) is 2. The molecular weight excluding hydrogens is 396 g/mol. The van der Waals surface area contributed by atoms with Gasteiger partial charge in [-0.05, 0) is 23.9 Å². The number of carbonyl (C=O) groups is 3. The lowest BCUT2D eigenvalue weighted by Crippen LogP contribution is -2.48. The zero-order chi connectivity index (χ0) is 19.7. The van der Waals surface area contributed by atoms with Crippen molar-refractivity contribution in [1.82, 2.24) is 20.7 Å². The second-order valence-electron chi connectivity index (χ2n) is 6.39. The lowest BCUT2D eigenvalue weighted by atomic mass is 9.92. The lowest BCUT2D eigenvalue weighted by Gasteiger charge is -2.22. The van der Waals surface area contributed by atoms with E-state index in [1.165, 1.54) is 11.3 Å². The summed E-state index contributed by atoms with van der Waals surface area (Å²) in [6, 6.07) is 12.1. The Hall–Kier alpha value is -3.04. The average molecular weight is 412 g/mol. The van der Waals surface area contributed by atoms with E-state index in [9.17, 15) is 14.4 Å². The molecule has 0 unspecified atom stereocenters. The Balaban J connectivity index is 1.45. The van der Waals surface area contributed by atoms with Crippen LogP contribution in [-0.4, -0.2) is 27.8 Å². The van der Waals surface area contributed by atoms with E-state index < -0.39 is 23.4 Å². The summed E-state index contributed by atoms with van der Waals surface area (Å²) in [6.45, 7) is 1.61. The number of nitrogens with zero attached hydrogens (tertiary/aromatic N) is 2. The molecule has 3 heterocycles. The monoisotopic (exact) mass is 412 g/mol. The summed E-state index contributed by atoms with van der Waals surface area (Å²) >= 11 is 3.02. The highest BCUT2D eigenvalue weighted by atomic mass is 32.1. The van der Waals surface area contributed by atoms with Crippen LogP contribution in [0.3, 0.4) is 0 Å². The quantitative estimate of drug-likeness (QED) is 0.631. The minimum absolute atomic E-state index is 0.0268. The van der Waals surface area contributed by atoms with Gasteiger partial charge in [0.1, 0.15) is 10.5 Å². The van der Waals surface area contributed by atoms with Gasteiger partial charge in [0.2, 0.25) is 5.91 Å². The van der Waals surface area contributed by atoms with Crippen molar-refractivity contribution in [2.45, 2.75) is 18.9 Å². The van der Waals surface area contributed by atoms with Crippen LogP contribution in [0.15, 0.2) is 53.2 Å². The van der Waals surface area contributed by atoms with Crippen molar-refractivity contribution in [3.8, 4) is 9.88 Å². The number of rotatable bonds is 5. The van der Waals surface area contributed by atoms with Gasteiger partial charge >= 0.3 is 6.03 Å². The molecule has 1 aliphatic heterocycles. The molecule has 3 aromatic rings. The van der Waals surface area contributed by atoms with Crippen LogP contribution in [0.2, 0.25) is 0 Å². The summed E-state index contributed by atoms with van der Waals surface area (Å²) in [5.41, 5.74) is 2.40. The van der Waals surface area contributed by atoms with Crippen LogP contribution in [0.25, 0.3) is 9.88 Å². The van der Waals surface area contributed by atoms with Crippen LogP contribution in [0, 0.1) is 0 Å². The van der Waals surface area contributed by atoms with E-state index in [1.54, 1.807) is 47.9 Å². The molecule has 142 valence electrons. The minimum Gasteiger partial charge on any atom is -0.318 e. The molecule has 1 aliphatic rings. The van der Waals surface area contributed by atoms with Gasteiger partial charge in [-0.1, -0.05) is 36.4 Å². The maximum Gasteiger partial charge on any atom is 0.344 e. The molecule has 0 bridgehead atoms. The number of carbonyl (C=O) groups excluding carboxylic acids is 3. The van der Waals surface area contributed by atoms with Gasteiger partial charge in [0.05, 0.1) is 17.0 Å². The van der Waals surface area contributed by atoms with Crippen LogP contribution in [-0.2, 0) is 21.5 Å². The molecule has 1 fully saturated rings. The Morgan fingerprint density at radius 2 is 1.96 bits per heavy atom. The van der Waals surface area contributed by atoms with Gasteiger partial charge in [0.25, 0.3) is 5.91 Å². The second kappa shape index (κ2) is 7.17. The van der Waals surface area contributed by atoms with E-state index in [0.717, 1.165) is 14.9 Å². The molecule has 1 aromatic carbocycles. The summed E-state index contributed by atoms with van der Waals surface area (Å²) in [7, 11) is 0. The van der Waals surface area contributed by atoms with Crippen LogP contribution in [0.5, 0.6) is 0 Å². The maximum atomic E-state index is 12.8. The zero-order valence-electron chi connectivity index (χ0n) is 14.8. The molecule has 7 nitrogen and oxygen atoms in total. The highest BCUT2D eigenvalue weighted by molar-refractivity contribution is 7.20. The van der Waals surface area contributed by atoms with Crippen LogP contribution in [0.1, 0.15) is 18.2 Å². The smallest absolute Gasteiger partial charge is 0.318 e. The molecule has 0 spiro atoms. The van der Waals surface area contributed by atoms with Gasteiger partial charge < -0.3 is 5.32 Å². The topological polar surface area (TPSA) is 91.4 Å². The summed E-state index contributed by atoms with van der Waals surface area (Å²) < 4.78 is 0. The molecule has 0 radical (unpaired) electrons. The molecular formula is C19H16N4O3S2.